The summed E-state index contributed by atoms with van der Waals surface area (Å²) in [7, 11) is 0. The Morgan fingerprint density at radius 2 is 2.25 bits per heavy atom. The van der Waals surface area contributed by atoms with Crippen molar-refractivity contribution in [2.45, 2.75) is 25.8 Å². The van der Waals surface area contributed by atoms with Gasteiger partial charge in [0.05, 0.1) is 0 Å². The molecular weight excluding hydrogens is 212 g/mol. The number of nitrogens with zero attached hydrogens (tertiary/aromatic N) is 2. The molecule has 1 fully saturated rings. The van der Waals surface area contributed by atoms with Crippen molar-refractivity contribution in [2.75, 3.05) is 6.61 Å². The minimum atomic E-state index is -0.867. The Bertz CT molecular complexity index is 354. The second-order valence-electron chi connectivity index (χ2n) is 3.17. The van der Waals surface area contributed by atoms with Gasteiger partial charge in [0, 0.05) is 6.04 Å². The van der Waals surface area contributed by atoms with Crippen molar-refractivity contribution in [3.8, 4) is 6.07 Å². The lowest BCUT2D eigenvalue weighted by atomic mass is 10.4. The molecule has 1 rings (SSSR count). The molecule has 0 atom stereocenters. The highest BCUT2D eigenvalue weighted by atomic mass is 16.6. The molecule has 0 aromatic heterocycles. The van der Waals surface area contributed by atoms with Crippen LogP contribution in [0.3, 0.4) is 0 Å². The number of amides is 3. The molecule has 0 aliphatic heterocycles. The molecule has 7 nitrogen and oxygen atoms in total. The Morgan fingerprint density at radius 1 is 1.56 bits per heavy atom. The van der Waals surface area contributed by atoms with Crippen molar-refractivity contribution in [2.24, 2.45) is 5.16 Å². The Balaban J connectivity index is 2.42. The van der Waals surface area contributed by atoms with Gasteiger partial charge < -0.3 is 10.2 Å². The average Bonchev–Trinajstić information content (AvgIpc) is 3.02. The van der Waals surface area contributed by atoms with E-state index in [2.05, 4.69) is 15.3 Å². The molecule has 2 N–H and O–H groups in total. The van der Waals surface area contributed by atoms with Crippen LogP contribution in [-0.2, 0) is 9.63 Å². The maximum Gasteiger partial charge on any atom is 0.321 e. The number of oxime groups is 1. The largest absolute Gasteiger partial charge is 0.395 e. The van der Waals surface area contributed by atoms with Crippen LogP contribution in [0.4, 0.5) is 4.79 Å². The Labute approximate surface area is 92.4 Å². The van der Waals surface area contributed by atoms with E-state index in [1.54, 1.807) is 13.0 Å². The summed E-state index contributed by atoms with van der Waals surface area (Å²) in [5.41, 5.74) is -0.479. The number of imide groups is 1. The molecule has 0 aromatic rings. The molecule has 0 radical (unpaired) electrons. The third-order valence-electron chi connectivity index (χ3n) is 1.75. The minimum Gasteiger partial charge on any atom is -0.395 e. The number of hydrogen-bond donors (Lipinski definition) is 2. The fourth-order valence-corrected chi connectivity index (χ4v) is 0.853. The van der Waals surface area contributed by atoms with Gasteiger partial charge in [0.1, 0.15) is 12.7 Å². The predicted octanol–water partition coefficient (Wildman–Crippen LogP) is -0.109. The summed E-state index contributed by atoms with van der Waals surface area (Å²) < 4.78 is 0. The first-order valence-corrected chi connectivity index (χ1v) is 4.89. The van der Waals surface area contributed by atoms with E-state index >= 15 is 0 Å². The summed E-state index contributed by atoms with van der Waals surface area (Å²) in [5, 5.41) is 16.4. The first-order chi connectivity index (χ1) is 7.67. The smallest absolute Gasteiger partial charge is 0.321 e. The molecule has 86 valence electrons. The van der Waals surface area contributed by atoms with Crippen molar-refractivity contribution < 1.29 is 14.4 Å². The molecule has 0 saturated heterocycles. The number of nitrogens with one attached hydrogen (secondary N) is 2. The third kappa shape index (κ3) is 3.96. The van der Waals surface area contributed by atoms with Crippen LogP contribution in [0.25, 0.3) is 0 Å². The summed E-state index contributed by atoms with van der Waals surface area (Å²) in [6.07, 6.45) is 1.83. The third-order valence-corrected chi connectivity index (χ3v) is 1.75. The number of rotatable bonds is 4. The second-order valence-corrected chi connectivity index (χ2v) is 3.17. The molecule has 3 amide bonds. The molecule has 0 aromatic carbocycles. The molecule has 0 heterocycles. The van der Waals surface area contributed by atoms with E-state index < -0.39 is 17.6 Å². The van der Waals surface area contributed by atoms with E-state index in [0.29, 0.717) is 0 Å². The zero-order valence-corrected chi connectivity index (χ0v) is 8.82. The highest BCUT2D eigenvalue weighted by molar-refractivity contribution is 6.46. The van der Waals surface area contributed by atoms with E-state index in [1.165, 1.54) is 0 Å². The zero-order valence-electron chi connectivity index (χ0n) is 8.82. The van der Waals surface area contributed by atoms with Gasteiger partial charge in [0.25, 0.3) is 5.91 Å². The molecule has 0 unspecified atom stereocenters. The number of carbonyl (C=O) groups is 2. The summed E-state index contributed by atoms with van der Waals surface area (Å²) in [6.45, 7) is 1.91. The number of hydrogen-bond acceptors (Lipinski definition) is 5. The molecule has 0 spiro atoms. The Hall–Kier alpha value is -2.10. The van der Waals surface area contributed by atoms with Crippen molar-refractivity contribution >= 4 is 17.6 Å². The van der Waals surface area contributed by atoms with Crippen molar-refractivity contribution in [3.05, 3.63) is 0 Å². The zero-order chi connectivity index (χ0) is 12.0. The topological polar surface area (TPSA) is 104 Å². The van der Waals surface area contributed by atoms with Gasteiger partial charge >= 0.3 is 6.03 Å². The second kappa shape index (κ2) is 5.70. The van der Waals surface area contributed by atoms with Crippen LogP contribution in [0.1, 0.15) is 19.8 Å². The van der Waals surface area contributed by atoms with Gasteiger partial charge in [-0.05, 0) is 19.8 Å². The van der Waals surface area contributed by atoms with Crippen molar-refractivity contribution in [3.63, 3.8) is 0 Å². The lowest BCUT2D eigenvalue weighted by Crippen LogP contribution is -2.43. The lowest BCUT2D eigenvalue weighted by molar-refractivity contribution is -0.113. The van der Waals surface area contributed by atoms with E-state index in [-0.39, 0.29) is 12.6 Å². The van der Waals surface area contributed by atoms with Crippen LogP contribution >= 0.6 is 0 Å². The fourth-order valence-electron chi connectivity index (χ4n) is 0.853. The molecule has 1 aliphatic rings. The number of carbonyl (C=O) groups excluding carboxylic acids is 2. The van der Waals surface area contributed by atoms with Crippen LogP contribution in [0.5, 0.6) is 0 Å². The molecular formula is C9H12N4O3. The number of urea groups is 1. The van der Waals surface area contributed by atoms with Gasteiger partial charge in [-0.15, -0.1) is 0 Å². The van der Waals surface area contributed by atoms with Crippen molar-refractivity contribution in [1.29, 1.82) is 5.26 Å². The summed E-state index contributed by atoms with van der Waals surface area (Å²) in [5.74, 6) is -0.867. The van der Waals surface area contributed by atoms with Gasteiger partial charge in [0.15, 0.2) is 0 Å². The Morgan fingerprint density at radius 3 is 2.75 bits per heavy atom. The van der Waals surface area contributed by atoms with Crippen LogP contribution in [0, 0.1) is 11.3 Å². The van der Waals surface area contributed by atoms with Gasteiger partial charge in [-0.2, -0.15) is 5.26 Å². The average molecular weight is 224 g/mol. The Kier molecular flexibility index (Phi) is 4.27. The molecule has 0 bridgehead atoms. The fraction of sp³-hybridized carbons (Fsp3) is 0.556. The van der Waals surface area contributed by atoms with E-state index in [0.717, 1.165) is 12.8 Å². The van der Waals surface area contributed by atoms with Crippen LogP contribution in [0.15, 0.2) is 5.16 Å². The first kappa shape index (κ1) is 12.0. The van der Waals surface area contributed by atoms with Gasteiger partial charge in [-0.1, -0.05) is 5.16 Å². The quantitative estimate of drug-likeness (QED) is 0.513. The van der Waals surface area contributed by atoms with E-state index in [1.807, 2.05) is 5.32 Å². The van der Waals surface area contributed by atoms with Gasteiger partial charge in [0.2, 0.25) is 5.71 Å². The molecule has 7 heteroatoms. The van der Waals surface area contributed by atoms with Gasteiger partial charge in [-0.3, -0.25) is 10.1 Å². The monoisotopic (exact) mass is 224 g/mol. The molecule has 1 saturated carbocycles. The van der Waals surface area contributed by atoms with Crippen LogP contribution < -0.4 is 10.6 Å². The first-order valence-electron chi connectivity index (χ1n) is 4.89. The maximum absolute atomic E-state index is 11.3. The van der Waals surface area contributed by atoms with Gasteiger partial charge in [-0.25, -0.2) is 4.79 Å². The van der Waals surface area contributed by atoms with E-state index in [9.17, 15) is 9.59 Å². The normalized spacial score (nSPS) is 14.9. The van der Waals surface area contributed by atoms with Crippen LogP contribution in [0.2, 0.25) is 0 Å². The maximum atomic E-state index is 11.3. The SMILES string of the molecule is CCO/N=C(\C#N)C(=O)NC(=O)NC1CC1. The number of nitriles is 1. The summed E-state index contributed by atoms with van der Waals surface area (Å²) in [6, 6.07) is 1.07. The summed E-state index contributed by atoms with van der Waals surface area (Å²) in [4.78, 5) is 27.0. The minimum absolute atomic E-state index is 0.141. The molecule has 16 heavy (non-hydrogen) atoms. The molecule has 1 aliphatic carbocycles. The summed E-state index contributed by atoms with van der Waals surface area (Å²) >= 11 is 0. The van der Waals surface area contributed by atoms with Crippen molar-refractivity contribution in [1.82, 2.24) is 10.6 Å². The highest BCUT2D eigenvalue weighted by Gasteiger charge is 2.24. The standard InChI is InChI=1S/C9H12N4O3/c1-2-16-13-7(5-10)8(14)12-9(15)11-6-3-4-6/h6H,2-4H2,1H3,(H2,11,12,14,15)/b13-7+. The highest BCUT2D eigenvalue weighted by Crippen LogP contribution is 2.18. The van der Waals surface area contributed by atoms with E-state index in [4.69, 9.17) is 5.26 Å². The predicted molar refractivity (Wildman–Crippen MR) is 54.4 cm³/mol. The van der Waals surface area contributed by atoms with Crippen LogP contribution in [-0.4, -0.2) is 30.3 Å². The lowest BCUT2D eigenvalue weighted by Gasteiger charge is -2.03.